The Balaban J connectivity index is 2.74. The fourth-order valence-corrected chi connectivity index (χ4v) is 2.22. The molecule has 4 nitrogen and oxygen atoms in total. The van der Waals surface area contributed by atoms with Crippen molar-refractivity contribution in [3.8, 4) is 5.75 Å². The molecule has 0 saturated carbocycles. The summed E-state index contributed by atoms with van der Waals surface area (Å²) in [7, 11) is 0. The van der Waals surface area contributed by atoms with E-state index in [0.29, 0.717) is 18.0 Å². The predicted molar refractivity (Wildman–Crippen MR) is 77.5 cm³/mol. The molecule has 0 spiro atoms. The first kappa shape index (κ1) is 17.4. The van der Waals surface area contributed by atoms with E-state index in [2.05, 4.69) is 23.9 Å². The van der Waals surface area contributed by atoms with Crippen molar-refractivity contribution in [3.05, 3.63) is 29.8 Å². The van der Waals surface area contributed by atoms with Crippen LogP contribution < -0.4 is 15.8 Å². The fraction of sp³-hybridized carbons (Fsp3) is 0.533. The van der Waals surface area contributed by atoms with Crippen LogP contribution in [-0.4, -0.2) is 24.6 Å². The highest BCUT2D eigenvalue weighted by molar-refractivity contribution is 5.94. The Kier molecular flexibility index (Phi) is 6.08. The van der Waals surface area contributed by atoms with Gasteiger partial charge in [-0.15, -0.1) is 0 Å². The molecular formula is C15H22F2N2O2. The number of carbonyl (C=O) groups is 1. The van der Waals surface area contributed by atoms with Crippen LogP contribution in [0.5, 0.6) is 5.75 Å². The second-order valence-electron chi connectivity index (χ2n) is 5.72. The molecule has 3 N–H and O–H groups in total. The van der Waals surface area contributed by atoms with Gasteiger partial charge in [-0.05, 0) is 43.5 Å². The molecule has 0 aromatic heterocycles. The summed E-state index contributed by atoms with van der Waals surface area (Å²) in [6.07, 6.45) is 0.752. The van der Waals surface area contributed by atoms with Crippen LogP contribution in [0.15, 0.2) is 24.3 Å². The maximum absolute atomic E-state index is 12.2. The maximum atomic E-state index is 12.2. The Morgan fingerprint density at radius 2 is 1.90 bits per heavy atom. The normalized spacial score (nSPS) is 14.1. The zero-order chi connectivity index (χ0) is 16.0. The van der Waals surface area contributed by atoms with Gasteiger partial charge in [-0.25, -0.2) is 0 Å². The molecule has 1 unspecified atom stereocenters. The lowest BCUT2D eigenvalue weighted by atomic mass is 9.90. The smallest absolute Gasteiger partial charge is 0.387 e. The number of carbonyl (C=O) groups excluding carboxylic acids is 1. The Labute approximate surface area is 123 Å². The van der Waals surface area contributed by atoms with Gasteiger partial charge < -0.3 is 15.8 Å². The molecule has 0 heterocycles. The first-order chi connectivity index (χ1) is 9.75. The maximum Gasteiger partial charge on any atom is 0.387 e. The molecular weight excluding hydrogens is 278 g/mol. The quantitative estimate of drug-likeness (QED) is 0.814. The zero-order valence-corrected chi connectivity index (χ0v) is 12.5. The summed E-state index contributed by atoms with van der Waals surface area (Å²) in [5.41, 5.74) is 5.62. The van der Waals surface area contributed by atoms with Crippen molar-refractivity contribution in [1.29, 1.82) is 0 Å². The molecule has 0 fully saturated rings. The van der Waals surface area contributed by atoms with Crippen LogP contribution in [0.4, 0.5) is 8.78 Å². The molecule has 0 aliphatic carbocycles. The van der Waals surface area contributed by atoms with Crippen molar-refractivity contribution in [1.82, 2.24) is 5.32 Å². The van der Waals surface area contributed by atoms with E-state index in [-0.39, 0.29) is 11.7 Å². The number of amides is 1. The number of rotatable bonds is 7. The van der Waals surface area contributed by atoms with Crippen LogP contribution in [0, 0.1) is 5.92 Å². The highest BCUT2D eigenvalue weighted by atomic mass is 19.3. The molecule has 1 amide bonds. The average Bonchev–Trinajstić information content (AvgIpc) is 2.37. The molecule has 0 bridgehead atoms. The number of ether oxygens (including phenoxy) is 1. The lowest BCUT2D eigenvalue weighted by Gasteiger charge is -2.31. The van der Waals surface area contributed by atoms with Crippen LogP contribution in [-0.2, 0) is 0 Å². The summed E-state index contributed by atoms with van der Waals surface area (Å²) in [5, 5.41) is 2.90. The van der Waals surface area contributed by atoms with Gasteiger partial charge in [-0.3, -0.25) is 4.79 Å². The van der Waals surface area contributed by atoms with Gasteiger partial charge in [0.2, 0.25) is 0 Å². The van der Waals surface area contributed by atoms with E-state index in [1.807, 2.05) is 6.92 Å². The first-order valence-electron chi connectivity index (χ1n) is 6.83. The molecule has 118 valence electrons. The first-order valence-corrected chi connectivity index (χ1v) is 6.83. The van der Waals surface area contributed by atoms with Crippen molar-refractivity contribution in [2.45, 2.75) is 39.3 Å². The summed E-state index contributed by atoms with van der Waals surface area (Å²) in [5.74, 6) is 0.123. The van der Waals surface area contributed by atoms with E-state index in [0.717, 1.165) is 6.42 Å². The van der Waals surface area contributed by atoms with Crippen LogP contribution >= 0.6 is 0 Å². The molecule has 21 heavy (non-hydrogen) atoms. The molecule has 1 atom stereocenters. The molecule has 1 aromatic carbocycles. The molecule has 6 heteroatoms. The number of nitrogens with two attached hydrogens (primary N) is 1. The number of hydrogen-bond acceptors (Lipinski definition) is 3. The SMILES string of the molecule is CC(C)CC(C)(CN)NC(=O)c1ccc(OC(F)F)cc1. The molecule has 0 saturated heterocycles. The second kappa shape index (κ2) is 7.36. The van der Waals surface area contributed by atoms with Gasteiger partial charge in [-0.1, -0.05) is 13.8 Å². The summed E-state index contributed by atoms with van der Waals surface area (Å²) in [4.78, 5) is 12.2. The summed E-state index contributed by atoms with van der Waals surface area (Å²) < 4.78 is 28.3. The van der Waals surface area contributed by atoms with E-state index in [4.69, 9.17) is 5.73 Å². The molecule has 0 radical (unpaired) electrons. The third kappa shape index (κ3) is 5.67. The Morgan fingerprint density at radius 1 is 1.33 bits per heavy atom. The van der Waals surface area contributed by atoms with E-state index in [1.165, 1.54) is 24.3 Å². The summed E-state index contributed by atoms with van der Waals surface area (Å²) >= 11 is 0. The summed E-state index contributed by atoms with van der Waals surface area (Å²) in [6.45, 7) is 3.44. The Morgan fingerprint density at radius 3 is 2.33 bits per heavy atom. The van der Waals surface area contributed by atoms with Gasteiger partial charge in [0.25, 0.3) is 5.91 Å². The van der Waals surface area contributed by atoms with Gasteiger partial charge in [-0.2, -0.15) is 8.78 Å². The lowest BCUT2D eigenvalue weighted by Crippen LogP contribution is -2.52. The minimum Gasteiger partial charge on any atom is -0.435 e. The number of benzene rings is 1. The van der Waals surface area contributed by atoms with Gasteiger partial charge in [0, 0.05) is 17.6 Å². The monoisotopic (exact) mass is 300 g/mol. The fourth-order valence-electron chi connectivity index (χ4n) is 2.22. The Bertz CT molecular complexity index is 463. The van der Waals surface area contributed by atoms with Gasteiger partial charge >= 0.3 is 6.61 Å². The molecule has 0 aliphatic rings. The standard InChI is InChI=1S/C15H22F2N2O2/c1-10(2)8-15(3,9-18)19-13(20)11-4-6-12(7-5-11)21-14(16)17/h4-7,10,14H,8-9,18H2,1-3H3,(H,19,20). The second-order valence-corrected chi connectivity index (χ2v) is 5.72. The molecule has 0 aliphatic heterocycles. The Hall–Kier alpha value is -1.69. The number of alkyl halides is 2. The predicted octanol–water partition coefficient (Wildman–Crippen LogP) is 2.78. The van der Waals surface area contributed by atoms with Crippen LogP contribution in [0.3, 0.4) is 0 Å². The van der Waals surface area contributed by atoms with Crippen molar-refractivity contribution in [2.24, 2.45) is 11.7 Å². The van der Waals surface area contributed by atoms with Crippen LogP contribution in [0.25, 0.3) is 0 Å². The largest absolute Gasteiger partial charge is 0.435 e. The number of nitrogens with one attached hydrogen (secondary N) is 1. The molecule has 1 rings (SSSR count). The van der Waals surface area contributed by atoms with Crippen molar-refractivity contribution >= 4 is 5.91 Å². The summed E-state index contributed by atoms with van der Waals surface area (Å²) in [6, 6.07) is 5.56. The highest BCUT2D eigenvalue weighted by Gasteiger charge is 2.26. The zero-order valence-electron chi connectivity index (χ0n) is 12.5. The number of halogens is 2. The van der Waals surface area contributed by atoms with Crippen LogP contribution in [0.2, 0.25) is 0 Å². The lowest BCUT2D eigenvalue weighted by molar-refractivity contribution is -0.0498. The van der Waals surface area contributed by atoms with Crippen molar-refractivity contribution < 1.29 is 18.3 Å². The van der Waals surface area contributed by atoms with Gasteiger partial charge in [0.05, 0.1) is 0 Å². The van der Waals surface area contributed by atoms with E-state index in [9.17, 15) is 13.6 Å². The van der Waals surface area contributed by atoms with E-state index in [1.54, 1.807) is 0 Å². The third-order valence-electron chi connectivity index (χ3n) is 3.07. The van der Waals surface area contributed by atoms with Crippen LogP contribution in [0.1, 0.15) is 37.6 Å². The van der Waals surface area contributed by atoms with Gasteiger partial charge in [0.1, 0.15) is 5.75 Å². The third-order valence-corrected chi connectivity index (χ3v) is 3.07. The highest BCUT2D eigenvalue weighted by Crippen LogP contribution is 2.18. The van der Waals surface area contributed by atoms with E-state index >= 15 is 0 Å². The topological polar surface area (TPSA) is 64.3 Å². The van der Waals surface area contributed by atoms with Crippen molar-refractivity contribution in [2.75, 3.05) is 6.54 Å². The molecule has 1 aromatic rings. The minimum absolute atomic E-state index is 0.0188. The minimum atomic E-state index is -2.88. The average molecular weight is 300 g/mol. The van der Waals surface area contributed by atoms with Crippen molar-refractivity contribution in [3.63, 3.8) is 0 Å². The number of hydrogen-bond donors (Lipinski definition) is 2. The van der Waals surface area contributed by atoms with E-state index < -0.39 is 12.2 Å². The van der Waals surface area contributed by atoms with Gasteiger partial charge in [0.15, 0.2) is 0 Å².